The number of fused-ring (bicyclic) bond motifs is 1. The smallest absolute Gasteiger partial charge is 0.252 e. The van der Waals surface area contributed by atoms with Crippen LogP contribution in [0.5, 0.6) is 0 Å². The molecular weight excluding hydrogens is 377 g/mol. The van der Waals surface area contributed by atoms with Gasteiger partial charge in [-0.05, 0) is 43.3 Å². The van der Waals surface area contributed by atoms with E-state index >= 15 is 0 Å². The Hall–Kier alpha value is -2.54. The molecule has 2 amide bonds. The molecule has 28 heavy (non-hydrogen) atoms. The average molecular weight is 399 g/mol. The predicted octanol–water partition coefficient (Wildman–Crippen LogP) is 3.00. The van der Waals surface area contributed by atoms with E-state index in [-0.39, 0.29) is 17.6 Å². The fraction of sp³-hybridized carbons (Fsp3) is 0.333. The predicted molar refractivity (Wildman–Crippen MR) is 109 cm³/mol. The fourth-order valence-corrected chi connectivity index (χ4v) is 5.11. The van der Waals surface area contributed by atoms with Crippen LogP contribution in [-0.4, -0.2) is 54.7 Å². The lowest BCUT2D eigenvalue weighted by Gasteiger charge is -2.42. The molecule has 1 fully saturated rings. The molecule has 0 aromatic heterocycles. The summed E-state index contributed by atoms with van der Waals surface area (Å²) in [5, 5.41) is 0. The quantitative estimate of drug-likeness (QED) is 0.729. The first-order valence-corrected chi connectivity index (χ1v) is 10.1. The Bertz CT molecular complexity index is 912. The minimum atomic E-state index is -1.17. The zero-order valence-electron chi connectivity index (χ0n) is 15.9. The van der Waals surface area contributed by atoms with Gasteiger partial charge in [0.1, 0.15) is 5.82 Å². The van der Waals surface area contributed by atoms with Gasteiger partial charge in [-0.2, -0.15) is 0 Å². The number of para-hydroxylation sites is 1. The third-order valence-electron chi connectivity index (χ3n) is 5.42. The number of piperazine rings is 1. The van der Waals surface area contributed by atoms with Gasteiger partial charge in [0.15, 0.2) is 4.75 Å². The van der Waals surface area contributed by atoms with Crippen molar-refractivity contribution in [3.63, 3.8) is 0 Å². The van der Waals surface area contributed by atoms with E-state index in [1.165, 1.54) is 23.9 Å². The molecule has 2 aromatic carbocycles. The molecule has 0 spiro atoms. The summed E-state index contributed by atoms with van der Waals surface area (Å²) >= 11 is 1.33. The second-order valence-corrected chi connectivity index (χ2v) is 8.68. The zero-order valence-corrected chi connectivity index (χ0v) is 16.7. The maximum absolute atomic E-state index is 13.3. The van der Waals surface area contributed by atoms with Crippen molar-refractivity contribution in [1.82, 2.24) is 4.90 Å². The number of carbonyl (C=O) groups is 2. The number of hydrogen-bond acceptors (Lipinski definition) is 4. The highest BCUT2D eigenvalue weighted by Crippen LogP contribution is 2.45. The number of thioether (sulfide) groups is 1. The van der Waals surface area contributed by atoms with Crippen molar-refractivity contribution in [3.05, 3.63) is 54.3 Å². The van der Waals surface area contributed by atoms with Crippen molar-refractivity contribution < 1.29 is 14.0 Å². The Labute approximate surface area is 168 Å². The SMILES string of the molecule is CN1C(=O)C(C)(C(=O)N2CCN(c3ccc(F)cc3)CC2)Sc2ccccc21. The molecule has 0 N–H and O–H groups in total. The van der Waals surface area contributed by atoms with E-state index in [4.69, 9.17) is 0 Å². The fourth-order valence-electron chi connectivity index (χ4n) is 3.77. The van der Waals surface area contributed by atoms with E-state index in [1.54, 1.807) is 35.9 Å². The molecule has 146 valence electrons. The van der Waals surface area contributed by atoms with Gasteiger partial charge in [0.05, 0.1) is 5.69 Å². The summed E-state index contributed by atoms with van der Waals surface area (Å²) in [5.41, 5.74) is 1.78. The molecule has 4 rings (SSSR count). The minimum absolute atomic E-state index is 0.150. The number of nitrogens with zero attached hydrogens (tertiary/aromatic N) is 3. The van der Waals surface area contributed by atoms with Crippen LogP contribution in [0.3, 0.4) is 0 Å². The van der Waals surface area contributed by atoms with Gasteiger partial charge < -0.3 is 14.7 Å². The number of halogens is 1. The van der Waals surface area contributed by atoms with Crippen LogP contribution in [-0.2, 0) is 9.59 Å². The summed E-state index contributed by atoms with van der Waals surface area (Å²) in [6.07, 6.45) is 0. The third kappa shape index (κ3) is 3.13. The minimum Gasteiger partial charge on any atom is -0.368 e. The van der Waals surface area contributed by atoms with E-state index < -0.39 is 4.75 Å². The van der Waals surface area contributed by atoms with Crippen LogP contribution >= 0.6 is 11.8 Å². The number of rotatable bonds is 2. The first kappa shape index (κ1) is 18.8. The van der Waals surface area contributed by atoms with Crippen LogP contribution in [0.4, 0.5) is 15.8 Å². The number of benzene rings is 2. The van der Waals surface area contributed by atoms with Crippen LogP contribution in [0, 0.1) is 5.82 Å². The highest BCUT2D eigenvalue weighted by Gasteiger charge is 2.50. The van der Waals surface area contributed by atoms with Gasteiger partial charge in [0.25, 0.3) is 5.91 Å². The topological polar surface area (TPSA) is 43.9 Å². The van der Waals surface area contributed by atoms with E-state index in [9.17, 15) is 14.0 Å². The van der Waals surface area contributed by atoms with Crippen molar-refractivity contribution in [1.29, 1.82) is 0 Å². The van der Waals surface area contributed by atoms with Crippen molar-refractivity contribution in [2.75, 3.05) is 43.0 Å². The molecule has 2 aliphatic heterocycles. The molecule has 0 bridgehead atoms. The van der Waals surface area contributed by atoms with Gasteiger partial charge in [-0.25, -0.2) is 4.39 Å². The first-order chi connectivity index (χ1) is 13.4. The normalized spacial score (nSPS) is 22.2. The molecule has 2 aliphatic rings. The molecule has 1 unspecified atom stereocenters. The Balaban J connectivity index is 1.49. The van der Waals surface area contributed by atoms with E-state index in [1.807, 2.05) is 24.3 Å². The molecular formula is C21H22FN3O2S. The lowest BCUT2D eigenvalue weighted by molar-refractivity contribution is -0.138. The van der Waals surface area contributed by atoms with Crippen LogP contribution in [0.15, 0.2) is 53.4 Å². The molecule has 0 radical (unpaired) electrons. The Morgan fingerprint density at radius 3 is 2.36 bits per heavy atom. The first-order valence-electron chi connectivity index (χ1n) is 9.26. The summed E-state index contributed by atoms with van der Waals surface area (Å²) < 4.78 is 12.0. The molecule has 1 atom stereocenters. The van der Waals surface area contributed by atoms with E-state index in [0.717, 1.165) is 16.3 Å². The molecule has 5 nitrogen and oxygen atoms in total. The van der Waals surface area contributed by atoms with Crippen LogP contribution in [0.1, 0.15) is 6.92 Å². The summed E-state index contributed by atoms with van der Waals surface area (Å²) in [6, 6.07) is 14.0. The summed E-state index contributed by atoms with van der Waals surface area (Å²) in [5.74, 6) is -0.604. The van der Waals surface area contributed by atoms with E-state index in [2.05, 4.69) is 4.90 Å². The molecule has 0 aliphatic carbocycles. The monoisotopic (exact) mass is 399 g/mol. The third-order valence-corrected chi connectivity index (χ3v) is 6.74. The highest BCUT2D eigenvalue weighted by atomic mass is 32.2. The number of carbonyl (C=O) groups excluding carboxylic acids is 2. The summed E-state index contributed by atoms with van der Waals surface area (Å²) in [6.45, 7) is 4.09. The molecule has 2 heterocycles. The lowest BCUT2D eigenvalue weighted by Crippen LogP contribution is -2.59. The second kappa shape index (κ2) is 7.13. The highest BCUT2D eigenvalue weighted by molar-refractivity contribution is 8.02. The van der Waals surface area contributed by atoms with Crippen molar-refractivity contribution in [2.45, 2.75) is 16.6 Å². The van der Waals surface area contributed by atoms with Gasteiger partial charge in [-0.1, -0.05) is 23.9 Å². The molecule has 2 aromatic rings. The van der Waals surface area contributed by atoms with Crippen molar-refractivity contribution in [2.24, 2.45) is 0 Å². The van der Waals surface area contributed by atoms with Gasteiger partial charge in [-0.3, -0.25) is 9.59 Å². The summed E-state index contributed by atoms with van der Waals surface area (Å²) in [7, 11) is 1.72. The zero-order chi connectivity index (χ0) is 19.9. The van der Waals surface area contributed by atoms with Crippen LogP contribution < -0.4 is 9.80 Å². The maximum Gasteiger partial charge on any atom is 0.252 e. The number of hydrogen-bond donors (Lipinski definition) is 0. The second-order valence-electron chi connectivity index (χ2n) is 7.22. The van der Waals surface area contributed by atoms with Crippen LogP contribution in [0.25, 0.3) is 0 Å². The largest absolute Gasteiger partial charge is 0.368 e. The molecule has 7 heteroatoms. The van der Waals surface area contributed by atoms with Gasteiger partial charge >= 0.3 is 0 Å². The van der Waals surface area contributed by atoms with Crippen molar-refractivity contribution >= 4 is 35.0 Å². The Morgan fingerprint density at radius 2 is 1.68 bits per heavy atom. The number of anilines is 2. The van der Waals surface area contributed by atoms with Gasteiger partial charge in [0.2, 0.25) is 5.91 Å². The van der Waals surface area contributed by atoms with Gasteiger partial charge in [-0.15, -0.1) is 0 Å². The molecule has 0 saturated carbocycles. The molecule has 1 saturated heterocycles. The summed E-state index contributed by atoms with van der Waals surface area (Å²) in [4.78, 5) is 32.8. The van der Waals surface area contributed by atoms with Crippen molar-refractivity contribution in [3.8, 4) is 0 Å². The van der Waals surface area contributed by atoms with Crippen LogP contribution in [0.2, 0.25) is 0 Å². The van der Waals surface area contributed by atoms with Gasteiger partial charge in [0, 0.05) is 43.8 Å². The Kier molecular flexibility index (Phi) is 4.79. The van der Waals surface area contributed by atoms with E-state index in [0.29, 0.717) is 26.2 Å². The maximum atomic E-state index is 13.3. The average Bonchev–Trinajstić information content (AvgIpc) is 2.72. The standard InChI is InChI=1S/C21H22FN3O2S/c1-21(19(26)23(2)17-5-3-4-6-18(17)28-21)20(27)25-13-11-24(12-14-25)16-9-7-15(22)8-10-16/h3-10H,11-14H2,1-2H3. The lowest BCUT2D eigenvalue weighted by atomic mass is 10.1. The number of amides is 2. The Morgan fingerprint density at radius 1 is 1.04 bits per heavy atom.